The molecule has 2 unspecified atom stereocenters. The minimum Gasteiger partial charge on any atom is -0.335 e. The number of aromatic amines is 1. The molecule has 1 amide bonds. The molecule has 3 aromatic rings. The van der Waals surface area contributed by atoms with Crippen LogP contribution in [0, 0.1) is 5.92 Å². The van der Waals surface area contributed by atoms with E-state index in [4.69, 9.17) is 11.6 Å². The summed E-state index contributed by atoms with van der Waals surface area (Å²) >= 11 is 6.00. The van der Waals surface area contributed by atoms with Crippen LogP contribution in [-0.4, -0.2) is 27.3 Å². The molecule has 4 rings (SSSR count). The van der Waals surface area contributed by atoms with Gasteiger partial charge >= 0.3 is 6.18 Å². The third-order valence-electron chi connectivity index (χ3n) is 5.64. The van der Waals surface area contributed by atoms with Gasteiger partial charge in [-0.25, -0.2) is 4.98 Å². The Morgan fingerprint density at radius 3 is 2.72 bits per heavy atom. The van der Waals surface area contributed by atoms with Crippen LogP contribution < -0.4 is 5.56 Å². The first kappa shape index (κ1) is 22.3. The number of halogens is 4. The Bertz CT molecular complexity index is 1230. The van der Waals surface area contributed by atoms with Crippen molar-refractivity contribution in [2.45, 2.75) is 38.4 Å². The third kappa shape index (κ3) is 4.50. The fourth-order valence-electron chi connectivity index (χ4n) is 4.08. The number of H-pyrrole nitrogens is 1. The van der Waals surface area contributed by atoms with E-state index in [0.717, 1.165) is 6.07 Å². The van der Waals surface area contributed by atoms with Crippen LogP contribution in [0.4, 0.5) is 13.2 Å². The predicted octanol–water partition coefficient (Wildman–Crippen LogP) is 5.14. The molecular formula is C23H21ClF3N3O2. The fraction of sp³-hybridized carbons (Fsp3) is 0.348. The maximum Gasteiger partial charge on any atom is 0.416 e. The first-order valence-electron chi connectivity index (χ1n) is 10.3. The Hall–Kier alpha value is -2.87. The number of benzene rings is 2. The largest absolute Gasteiger partial charge is 0.416 e. The smallest absolute Gasteiger partial charge is 0.335 e. The lowest BCUT2D eigenvalue weighted by molar-refractivity contribution is -0.138. The highest BCUT2D eigenvalue weighted by Gasteiger charge is 2.49. The van der Waals surface area contributed by atoms with E-state index in [1.54, 1.807) is 29.2 Å². The van der Waals surface area contributed by atoms with Crippen molar-refractivity contribution in [3.8, 4) is 0 Å². The normalized spacial score (nSPS) is 18.0. The van der Waals surface area contributed by atoms with Crippen LogP contribution in [0.2, 0.25) is 5.02 Å². The van der Waals surface area contributed by atoms with Gasteiger partial charge in [-0.05, 0) is 48.6 Å². The summed E-state index contributed by atoms with van der Waals surface area (Å²) in [5.41, 5.74) is -0.459. The maximum absolute atomic E-state index is 13.4. The van der Waals surface area contributed by atoms with E-state index < -0.39 is 23.6 Å². The van der Waals surface area contributed by atoms with Crippen LogP contribution in [0.25, 0.3) is 10.9 Å². The molecule has 1 aromatic heterocycles. The Balaban J connectivity index is 1.57. The zero-order chi connectivity index (χ0) is 23.0. The van der Waals surface area contributed by atoms with E-state index in [1.165, 1.54) is 12.1 Å². The van der Waals surface area contributed by atoms with Crippen molar-refractivity contribution >= 4 is 28.4 Å². The first-order chi connectivity index (χ1) is 15.2. The van der Waals surface area contributed by atoms with Crippen LogP contribution in [0.1, 0.15) is 42.6 Å². The van der Waals surface area contributed by atoms with Gasteiger partial charge in [-0.15, -0.1) is 0 Å². The molecule has 1 N–H and O–H groups in total. The lowest BCUT2D eigenvalue weighted by Gasteiger charge is -2.22. The van der Waals surface area contributed by atoms with Crippen LogP contribution >= 0.6 is 11.6 Å². The molecule has 5 nitrogen and oxygen atoms in total. The van der Waals surface area contributed by atoms with Crippen molar-refractivity contribution in [2.24, 2.45) is 5.92 Å². The summed E-state index contributed by atoms with van der Waals surface area (Å²) < 4.78 is 40.1. The fourth-order valence-corrected chi connectivity index (χ4v) is 4.24. The number of aromatic nitrogens is 2. The number of fused-ring (bicyclic) bond motifs is 1. The summed E-state index contributed by atoms with van der Waals surface area (Å²) in [6.45, 7) is 2.37. The molecule has 2 atom stereocenters. The van der Waals surface area contributed by atoms with Gasteiger partial charge in [0.1, 0.15) is 5.82 Å². The molecule has 168 valence electrons. The molecule has 1 heterocycles. The van der Waals surface area contributed by atoms with Gasteiger partial charge in [-0.2, -0.15) is 13.2 Å². The second kappa shape index (κ2) is 8.58. The molecule has 1 fully saturated rings. The third-order valence-corrected chi connectivity index (χ3v) is 5.87. The van der Waals surface area contributed by atoms with E-state index >= 15 is 0 Å². The van der Waals surface area contributed by atoms with E-state index in [-0.39, 0.29) is 23.6 Å². The summed E-state index contributed by atoms with van der Waals surface area (Å²) in [5, 5.41) is 0.824. The van der Waals surface area contributed by atoms with Crippen molar-refractivity contribution < 1.29 is 18.0 Å². The summed E-state index contributed by atoms with van der Waals surface area (Å²) in [5.74, 6) is -0.920. The zero-order valence-corrected chi connectivity index (χ0v) is 18.0. The van der Waals surface area contributed by atoms with Crippen molar-refractivity contribution in [1.82, 2.24) is 14.9 Å². The van der Waals surface area contributed by atoms with Crippen molar-refractivity contribution in [3.63, 3.8) is 0 Å². The van der Waals surface area contributed by atoms with Crippen LogP contribution in [0.5, 0.6) is 0 Å². The van der Waals surface area contributed by atoms with E-state index in [0.29, 0.717) is 41.1 Å². The van der Waals surface area contributed by atoms with Gasteiger partial charge in [0.15, 0.2) is 0 Å². The molecule has 1 aliphatic carbocycles. The monoisotopic (exact) mass is 463 g/mol. The average molecular weight is 464 g/mol. The van der Waals surface area contributed by atoms with Gasteiger partial charge in [0.25, 0.3) is 5.56 Å². The van der Waals surface area contributed by atoms with Gasteiger partial charge in [0.2, 0.25) is 5.91 Å². The summed E-state index contributed by atoms with van der Waals surface area (Å²) in [6.07, 6.45) is -3.44. The van der Waals surface area contributed by atoms with Crippen LogP contribution in [0.15, 0.2) is 47.3 Å². The van der Waals surface area contributed by atoms with E-state index in [9.17, 15) is 22.8 Å². The Morgan fingerprint density at radius 2 is 2.00 bits per heavy atom. The number of nitrogens with zero attached hydrogens (tertiary/aromatic N) is 2. The molecule has 0 aliphatic heterocycles. The van der Waals surface area contributed by atoms with Gasteiger partial charge < -0.3 is 9.88 Å². The first-order valence-corrected chi connectivity index (χ1v) is 10.7. The lowest BCUT2D eigenvalue weighted by atomic mass is 10.0. The highest BCUT2D eigenvalue weighted by molar-refractivity contribution is 6.31. The van der Waals surface area contributed by atoms with Crippen LogP contribution in [-0.2, 0) is 17.5 Å². The predicted molar refractivity (Wildman–Crippen MR) is 115 cm³/mol. The minimum atomic E-state index is -4.47. The molecule has 32 heavy (non-hydrogen) atoms. The summed E-state index contributed by atoms with van der Waals surface area (Å²) in [6, 6.07) is 10.2. The number of amides is 1. The highest BCUT2D eigenvalue weighted by atomic mass is 35.5. The molecule has 0 radical (unpaired) electrons. The summed E-state index contributed by atoms with van der Waals surface area (Å²) in [7, 11) is 0. The molecule has 2 aromatic carbocycles. The van der Waals surface area contributed by atoms with E-state index in [2.05, 4.69) is 9.97 Å². The quantitative estimate of drug-likeness (QED) is 0.550. The lowest BCUT2D eigenvalue weighted by Crippen LogP contribution is -2.34. The molecule has 9 heteroatoms. The van der Waals surface area contributed by atoms with Crippen molar-refractivity contribution in [3.05, 3.63) is 74.8 Å². The number of alkyl halides is 3. The number of carbonyl (C=O) groups is 1. The number of carbonyl (C=O) groups excluding carboxylic acids is 1. The van der Waals surface area contributed by atoms with Gasteiger partial charge in [-0.1, -0.05) is 36.7 Å². The number of hydrogen-bond donors (Lipinski definition) is 1. The maximum atomic E-state index is 13.4. The standard InChI is InChI=1S/C23H21ClF3N3O2/c1-2-9-30(12-20-28-19-10-13(24)7-8-15(19)21(31)29-20)22(32)17-11-16(17)14-5-3-4-6-18(14)23(25,26)27/h3-8,10,16-17H,2,9,11-12H2,1H3,(H,28,29,31). The van der Waals surface area contributed by atoms with Crippen molar-refractivity contribution in [1.29, 1.82) is 0 Å². The van der Waals surface area contributed by atoms with Crippen molar-refractivity contribution in [2.75, 3.05) is 6.54 Å². The Morgan fingerprint density at radius 1 is 1.25 bits per heavy atom. The Kier molecular flexibility index (Phi) is 5.99. The van der Waals surface area contributed by atoms with Gasteiger partial charge in [0.05, 0.1) is 23.0 Å². The Labute approximate surface area is 187 Å². The average Bonchev–Trinajstić information content (AvgIpc) is 3.53. The summed E-state index contributed by atoms with van der Waals surface area (Å²) in [4.78, 5) is 34.2. The van der Waals surface area contributed by atoms with Gasteiger partial charge in [-0.3, -0.25) is 9.59 Å². The number of nitrogens with one attached hydrogen (secondary N) is 1. The molecular weight excluding hydrogens is 443 g/mol. The number of rotatable bonds is 6. The molecule has 1 aliphatic rings. The zero-order valence-electron chi connectivity index (χ0n) is 17.2. The highest BCUT2D eigenvalue weighted by Crippen LogP contribution is 2.51. The minimum absolute atomic E-state index is 0.0640. The second-order valence-electron chi connectivity index (χ2n) is 7.97. The molecule has 0 saturated heterocycles. The topological polar surface area (TPSA) is 66.1 Å². The van der Waals surface area contributed by atoms with Crippen LogP contribution in [0.3, 0.4) is 0 Å². The second-order valence-corrected chi connectivity index (χ2v) is 8.40. The SMILES string of the molecule is CCCN(Cc1nc2cc(Cl)ccc2c(=O)[nH]1)C(=O)C1CC1c1ccccc1C(F)(F)F. The number of hydrogen-bond acceptors (Lipinski definition) is 3. The molecule has 1 saturated carbocycles. The molecule has 0 spiro atoms. The van der Waals surface area contributed by atoms with Gasteiger partial charge in [0, 0.05) is 17.5 Å². The van der Waals surface area contributed by atoms with E-state index in [1.807, 2.05) is 6.92 Å². The molecule has 0 bridgehead atoms.